The minimum atomic E-state index is -3.88. The van der Waals surface area contributed by atoms with Gasteiger partial charge in [0.15, 0.2) is 0 Å². The molecule has 3 heterocycles. The zero-order valence-corrected chi connectivity index (χ0v) is 17.8. The number of rotatable bonds is 5. The molecule has 4 aromatic rings. The molecular weight excluding hydrogens is 428 g/mol. The Morgan fingerprint density at radius 3 is 2.62 bits per heavy atom. The molecule has 5 rings (SSSR count). The molecule has 1 unspecified atom stereocenters. The molecule has 1 atom stereocenters. The molecule has 0 spiro atoms. The van der Waals surface area contributed by atoms with Gasteiger partial charge in [0.1, 0.15) is 0 Å². The fourth-order valence-corrected chi connectivity index (χ4v) is 5.16. The highest BCUT2D eigenvalue weighted by Crippen LogP contribution is 2.28. The lowest BCUT2D eigenvalue weighted by Crippen LogP contribution is -2.33. The third kappa shape index (κ3) is 3.45. The first-order valence-electron chi connectivity index (χ1n) is 10.1. The molecular formula is C23H20N4O4S. The van der Waals surface area contributed by atoms with Crippen LogP contribution in [-0.4, -0.2) is 45.1 Å². The number of hydrogen-bond acceptors (Lipinski definition) is 6. The van der Waals surface area contributed by atoms with Crippen LogP contribution in [0.2, 0.25) is 0 Å². The summed E-state index contributed by atoms with van der Waals surface area (Å²) < 4.78 is 27.2. The van der Waals surface area contributed by atoms with Crippen LogP contribution in [0.15, 0.2) is 78.0 Å². The molecule has 2 aromatic carbocycles. The third-order valence-electron chi connectivity index (χ3n) is 5.67. The predicted molar refractivity (Wildman–Crippen MR) is 117 cm³/mol. The average Bonchev–Trinajstić information content (AvgIpc) is 3.40. The van der Waals surface area contributed by atoms with Gasteiger partial charge in [0.2, 0.25) is 5.91 Å². The normalized spacial score (nSPS) is 14.5. The summed E-state index contributed by atoms with van der Waals surface area (Å²) in [7, 11) is -3.88. The van der Waals surface area contributed by atoms with E-state index in [1.807, 2.05) is 18.2 Å². The van der Waals surface area contributed by atoms with Crippen molar-refractivity contribution in [3.05, 3.63) is 89.9 Å². The van der Waals surface area contributed by atoms with Crippen LogP contribution in [0.4, 0.5) is 0 Å². The third-order valence-corrected chi connectivity index (χ3v) is 7.20. The first-order valence-corrected chi connectivity index (χ1v) is 11.5. The van der Waals surface area contributed by atoms with E-state index in [1.165, 1.54) is 12.3 Å². The number of carbonyl (C=O) groups excluding carboxylic acids is 1. The molecule has 162 valence electrons. The van der Waals surface area contributed by atoms with Crippen LogP contribution in [0.25, 0.3) is 10.9 Å². The van der Waals surface area contributed by atoms with E-state index >= 15 is 0 Å². The number of hydrogen-bond donors (Lipinski definition) is 1. The Morgan fingerprint density at radius 2 is 1.88 bits per heavy atom. The van der Waals surface area contributed by atoms with E-state index in [9.17, 15) is 18.3 Å². The van der Waals surface area contributed by atoms with Gasteiger partial charge in [0.05, 0.1) is 35.2 Å². The van der Waals surface area contributed by atoms with Crippen LogP contribution in [0, 0.1) is 0 Å². The van der Waals surface area contributed by atoms with E-state index in [1.54, 1.807) is 47.5 Å². The Bertz CT molecular complexity index is 1390. The summed E-state index contributed by atoms with van der Waals surface area (Å²) in [5.74, 6) is -0.879. The van der Waals surface area contributed by atoms with Gasteiger partial charge in [-0.05, 0) is 29.8 Å². The summed E-state index contributed by atoms with van der Waals surface area (Å²) in [4.78, 5) is 18.9. The highest BCUT2D eigenvalue weighted by atomic mass is 32.2. The quantitative estimate of drug-likeness (QED) is 0.502. The number of pyridine rings is 1. The molecule has 9 heteroatoms. The predicted octanol–water partition coefficient (Wildman–Crippen LogP) is 2.29. The van der Waals surface area contributed by atoms with Gasteiger partial charge in [-0.15, -0.1) is 0 Å². The summed E-state index contributed by atoms with van der Waals surface area (Å²) in [6.07, 6.45) is 3.11. The zero-order chi connectivity index (χ0) is 22.3. The summed E-state index contributed by atoms with van der Waals surface area (Å²) in [5.41, 5.74) is 2.66. The lowest BCUT2D eigenvalue weighted by atomic mass is 9.98. The van der Waals surface area contributed by atoms with Gasteiger partial charge in [-0.25, -0.2) is 0 Å². The molecule has 0 saturated heterocycles. The van der Waals surface area contributed by atoms with Crippen LogP contribution in [0.1, 0.15) is 22.7 Å². The van der Waals surface area contributed by atoms with E-state index in [4.69, 9.17) is 0 Å². The van der Waals surface area contributed by atoms with Gasteiger partial charge in [-0.2, -0.15) is 17.6 Å². The van der Waals surface area contributed by atoms with Crippen molar-refractivity contribution in [2.75, 3.05) is 6.61 Å². The smallest absolute Gasteiger partial charge is 0.282 e. The maximum atomic E-state index is 13.1. The van der Waals surface area contributed by atoms with Crippen molar-refractivity contribution < 1.29 is 18.3 Å². The molecule has 8 nitrogen and oxygen atoms in total. The average molecular weight is 449 g/mol. The number of aromatic nitrogens is 3. The molecule has 0 bridgehead atoms. The van der Waals surface area contributed by atoms with E-state index in [2.05, 4.69) is 10.1 Å². The molecule has 1 aliphatic heterocycles. The monoisotopic (exact) mass is 448 g/mol. The van der Waals surface area contributed by atoms with Crippen molar-refractivity contribution >= 4 is 26.8 Å². The van der Waals surface area contributed by atoms with Crippen LogP contribution in [0.5, 0.6) is 0 Å². The Hall–Kier alpha value is -3.56. The fraction of sp³-hybridized carbons (Fsp3) is 0.174. The second-order valence-corrected chi connectivity index (χ2v) is 9.47. The number of aliphatic hydroxyl groups is 1. The second kappa shape index (κ2) is 7.85. The van der Waals surface area contributed by atoms with Gasteiger partial charge >= 0.3 is 0 Å². The molecule has 0 fully saturated rings. The van der Waals surface area contributed by atoms with Crippen molar-refractivity contribution in [2.45, 2.75) is 23.9 Å². The molecule has 32 heavy (non-hydrogen) atoms. The van der Waals surface area contributed by atoms with E-state index in [-0.39, 0.29) is 30.5 Å². The van der Waals surface area contributed by atoms with Crippen LogP contribution in [0.3, 0.4) is 0 Å². The first-order chi connectivity index (χ1) is 15.5. The minimum absolute atomic E-state index is 0.122. The Labute approximate surface area is 184 Å². The van der Waals surface area contributed by atoms with Gasteiger partial charge < -0.3 is 10.0 Å². The maximum absolute atomic E-state index is 13.1. The maximum Gasteiger partial charge on any atom is 0.282 e. The number of benzene rings is 2. The van der Waals surface area contributed by atoms with Crippen molar-refractivity contribution in [1.82, 2.24) is 19.1 Å². The fourth-order valence-electron chi connectivity index (χ4n) is 3.96. The van der Waals surface area contributed by atoms with Gasteiger partial charge in [-0.1, -0.05) is 36.4 Å². The van der Waals surface area contributed by atoms with Gasteiger partial charge in [0.25, 0.3) is 10.0 Å². The number of aliphatic hydroxyl groups excluding tert-OH is 1. The standard InChI is InChI=1S/C23H20N4O4S/c28-15-20(16-5-2-1-3-6-16)23(29)26-12-18-13-27(25-22(18)14-26)32(30,31)19-8-9-21-17(11-19)7-4-10-24-21/h1-11,13,20,28H,12,14-15H2. The Kier molecular flexibility index (Phi) is 4.99. The van der Waals surface area contributed by atoms with Crippen LogP contribution >= 0.6 is 0 Å². The Morgan fingerprint density at radius 1 is 1.06 bits per heavy atom. The van der Waals surface area contributed by atoms with Crippen molar-refractivity contribution in [3.63, 3.8) is 0 Å². The molecule has 1 N–H and O–H groups in total. The second-order valence-electron chi connectivity index (χ2n) is 7.68. The highest BCUT2D eigenvalue weighted by Gasteiger charge is 2.33. The zero-order valence-electron chi connectivity index (χ0n) is 17.0. The molecule has 1 amide bonds. The molecule has 0 radical (unpaired) electrons. The van der Waals surface area contributed by atoms with Gasteiger partial charge in [0, 0.05) is 29.9 Å². The van der Waals surface area contributed by atoms with Crippen molar-refractivity contribution in [3.8, 4) is 0 Å². The largest absolute Gasteiger partial charge is 0.395 e. The molecule has 0 aliphatic carbocycles. The molecule has 0 saturated carbocycles. The molecule has 1 aliphatic rings. The van der Waals surface area contributed by atoms with Gasteiger partial charge in [-0.3, -0.25) is 9.78 Å². The van der Waals surface area contributed by atoms with Crippen LogP contribution in [-0.2, 0) is 27.9 Å². The van der Waals surface area contributed by atoms with Crippen molar-refractivity contribution in [1.29, 1.82) is 0 Å². The lowest BCUT2D eigenvalue weighted by Gasteiger charge is -2.22. The topological polar surface area (TPSA) is 105 Å². The number of fused-ring (bicyclic) bond motifs is 2. The van der Waals surface area contributed by atoms with Crippen LogP contribution < -0.4 is 0 Å². The van der Waals surface area contributed by atoms with E-state index < -0.39 is 15.9 Å². The van der Waals surface area contributed by atoms with E-state index in [0.29, 0.717) is 16.8 Å². The lowest BCUT2D eigenvalue weighted by molar-refractivity contribution is -0.134. The summed E-state index contributed by atoms with van der Waals surface area (Å²) >= 11 is 0. The van der Waals surface area contributed by atoms with E-state index in [0.717, 1.165) is 15.0 Å². The Balaban J connectivity index is 1.38. The van der Waals surface area contributed by atoms with Crippen molar-refractivity contribution in [2.24, 2.45) is 0 Å². The number of amides is 1. The minimum Gasteiger partial charge on any atom is -0.395 e. The first kappa shape index (κ1) is 20.3. The highest BCUT2D eigenvalue weighted by molar-refractivity contribution is 7.89. The number of carbonyl (C=O) groups is 1. The SMILES string of the molecule is O=C(C(CO)c1ccccc1)N1Cc2cn(S(=O)(=O)c3ccc4ncccc4c3)nc2C1. The summed E-state index contributed by atoms with van der Waals surface area (Å²) in [6, 6.07) is 17.4. The summed E-state index contributed by atoms with van der Waals surface area (Å²) in [5, 5.41) is 14.8. The number of nitrogens with zero attached hydrogens (tertiary/aromatic N) is 4. The summed E-state index contributed by atoms with van der Waals surface area (Å²) in [6.45, 7) is 0.137. The molecule has 2 aromatic heterocycles.